The Balaban J connectivity index is 0.00000400. The van der Waals surface area contributed by atoms with E-state index in [1.807, 2.05) is 39.8 Å². The van der Waals surface area contributed by atoms with Crippen molar-refractivity contribution in [1.29, 1.82) is 0 Å². The minimum atomic E-state index is -1.25. The highest BCUT2D eigenvalue weighted by Crippen LogP contribution is 2.35. The molecule has 9 heteroatoms. The number of hydrogen-bond acceptors (Lipinski definition) is 6. The van der Waals surface area contributed by atoms with Crippen LogP contribution in [0.2, 0.25) is 0 Å². The smallest absolute Gasteiger partial charge is 0.240 e. The van der Waals surface area contributed by atoms with Crippen LogP contribution in [0.3, 0.4) is 0 Å². The highest BCUT2D eigenvalue weighted by Gasteiger charge is 2.44. The molecule has 4 aromatic rings. The zero-order chi connectivity index (χ0) is 26.7. The molecular weight excluding hydrogens is 500 g/mol. The number of fused-ring (bicyclic) bond motifs is 2. The summed E-state index contributed by atoms with van der Waals surface area (Å²) in [7, 11) is 0. The molecule has 0 atom stereocenters. The van der Waals surface area contributed by atoms with Gasteiger partial charge in [-0.1, -0.05) is 26.7 Å². The van der Waals surface area contributed by atoms with Gasteiger partial charge in [0.25, 0.3) is 0 Å². The number of benzene rings is 2. The Kier molecular flexibility index (Phi) is 8.78. The minimum Gasteiger partial charge on any atom is -0.398 e. The van der Waals surface area contributed by atoms with Gasteiger partial charge in [0.05, 0.1) is 11.0 Å². The Bertz CT molecular complexity index is 1390. The molecule has 0 unspecified atom stereocenters. The van der Waals surface area contributed by atoms with E-state index in [0.717, 1.165) is 33.2 Å². The summed E-state index contributed by atoms with van der Waals surface area (Å²) in [5.74, 6) is -0.687. The van der Waals surface area contributed by atoms with E-state index in [1.54, 1.807) is 36.4 Å². The van der Waals surface area contributed by atoms with Gasteiger partial charge in [-0.2, -0.15) is 0 Å². The average Bonchev–Trinajstić information content (AvgIpc) is 2.84. The van der Waals surface area contributed by atoms with Crippen molar-refractivity contribution in [3.8, 4) is 0 Å². The quantitative estimate of drug-likeness (QED) is 0.200. The standard InChI is InChI=1S/C29H34N6O2.ClH/c1-5-11-29(12-6-2,27(36)34-19-7-9-25-21(15-19)23(30)13-17(3)32-25)28(37)35-20-8-10-26-22(16-20)24(31)14-18(4)33-26;/h7-10,13-16H,5-6,11-12H2,1-4H3,(H2,30,32)(H2,31,33)(H,34,36)(H,35,37);1H. The third kappa shape index (κ3) is 5.65. The maximum Gasteiger partial charge on any atom is 0.240 e. The predicted octanol–water partition coefficient (Wildman–Crippen LogP) is 6.15. The number of anilines is 4. The zero-order valence-electron chi connectivity index (χ0n) is 22.2. The van der Waals surface area contributed by atoms with E-state index in [0.29, 0.717) is 48.4 Å². The van der Waals surface area contributed by atoms with Gasteiger partial charge in [0.1, 0.15) is 5.41 Å². The molecular formula is C29H35ClN6O2. The number of halogens is 1. The van der Waals surface area contributed by atoms with Gasteiger partial charge >= 0.3 is 0 Å². The molecule has 0 spiro atoms. The number of hydrogen-bond donors (Lipinski definition) is 4. The van der Waals surface area contributed by atoms with E-state index in [1.165, 1.54) is 0 Å². The number of aromatic nitrogens is 2. The number of carbonyl (C=O) groups is 2. The first kappa shape index (κ1) is 28.7. The molecule has 0 radical (unpaired) electrons. The van der Waals surface area contributed by atoms with Crippen LogP contribution in [0, 0.1) is 19.3 Å². The van der Waals surface area contributed by atoms with E-state index < -0.39 is 5.41 Å². The lowest BCUT2D eigenvalue weighted by Crippen LogP contribution is -2.46. The van der Waals surface area contributed by atoms with Crippen molar-refractivity contribution in [3.05, 3.63) is 59.9 Å². The molecule has 8 nitrogen and oxygen atoms in total. The maximum absolute atomic E-state index is 13.8. The van der Waals surface area contributed by atoms with Crippen molar-refractivity contribution in [1.82, 2.24) is 9.97 Å². The van der Waals surface area contributed by atoms with Gasteiger partial charge in [0.2, 0.25) is 11.8 Å². The Morgan fingerprint density at radius 2 is 1.13 bits per heavy atom. The number of carbonyl (C=O) groups excluding carboxylic acids is 2. The van der Waals surface area contributed by atoms with Gasteiger partial charge < -0.3 is 22.1 Å². The lowest BCUT2D eigenvalue weighted by molar-refractivity contribution is -0.138. The summed E-state index contributed by atoms with van der Waals surface area (Å²) in [6.07, 6.45) is 2.15. The summed E-state index contributed by atoms with van der Waals surface area (Å²) in [5, 5.41) is 7.47. The molecule has 0 saturated heterocycles. The molecule has 200 valence electrons. The molecule has 6 N–H and O–H groups in total. The van der Waals surface area contributed by atoms with E-state index in [-0.39, 0.29) is 24.2 Å². The number of nitrogens with zero attached hydrogens (tertiary/aromatic N) is 2. The zero-order valence-corrected chi connectivity index (χ0v) is 23.0. The summed E-state index contributed by atoms with van der Waals surface area (Å²) in [6.45, 7) is 7.71. The molecule has 38 heavy (non-hydrogen) atoms. The predicted molar refractivity (Wildman–Crippen MR) is 159 cm³/mol. The second-order valence-corrected chi connectivity index (χ2v) is 9.66. The van der Waals surface area contributed by atoms with Gasteiger partial charge in [-0.05, 0) is 75.2 Å². The Morgan fingerprint density at radius 3 is 1.50 bits per heavy atom. The number of aryl methyl sites for hydroxylation is 2. The van der Waals surface area contributed by atoms with Crippen LogP contribution >= 0.6 is 12.4 Å². The van der Waals surface area contributed by atoms with Gasteiger partial charge in [-0.25, -0.2) is 0 Å². The molecule has 2 amide bonds. The van der Waals surface area contributed by atoms with Gasteiger partial charge in [-0.15, -0.1) is 12.4 Å². The van der Waals surface area contributed by atoms with Crippen molar-refractivity contribution in [2.45, 2.75) is 53.4 Å². The van der Waals surface area contributed by atoms with Crippen LogP contribution in [0.25, 0.3) is 21.8 Å². The molecule has 2 aromatic heterocycles. The van der Waals surface area contributed by atoms with Crippen molar-refractivity contribution in [2.24, 2.45) is 5.41 Å². The summed E-state index contributed by atoms with van der Waals surface area (Å²) in [4.78, 5) is 36.6. The Hall–Kier alpha value is -3.91. The third-order valence-corrected chi connectivity index (χ3v) is 6.68. The second-order valence-electron chi connectivity index (χ2n) is 9.66. The van der Waals surface area contributed by atoms with Crippen LogP contribution in [0.4, 0.5) is 22.7 Å². The van der Waals surface area contributed by atoms with Crippen molar-refractivity contribution in [3.63, 3.8) is 0 Å². The SMILES string of the molecule is CCCC(CCC)(C(=O)Nc1ccc2nc(C)cc(N)c2c1)C(=O)Nc1ccc2nc(C)cc(N)c2c1.Cl. The summed E-state index contributed by atoms with van der Waals surface area (Å²) < 4.78 is 0. The molecule has 0 aliphatic heterocycles. The Labute approximate surface area is 229 Å². The monoisotopic (exact) mass is 534 g/mol. The first-order valence-corrected chi connectivity index (χ1v) is 12.6. The van der Waals surface area contributed by atoms with Crippen molar-refractivity contribution >= 4 is 68.8 Å². The molecule has 0 saturated carbocycles. The molecule has 0 bridgehead atoms. The van der Waals surface area contributed by atoms with E-state index in [2.05, 4.69) is 20.6 Å². The fourth-order valence-corrected chi connectivity index (χ4v) is 4.97. The lowest BCUT2D eigenvalue weighted by atomic mass is 9.77. The molecule has 0 aliphatic rings. The first-order valence-electron chi connectivity index (χ1n) is 12.6. The average molecular weight is 535 g/mol. The molecule has 2 aromatic carbocycles. The normalized spacial score (nSPS) is 11.3. The fourth-order valence-electron chi connectivity index (χ4n) is 4.97. The molecule has 2 heterocycles. The van der Waals surface area contributed by atoms with Crippen molar-refractivity contribution < 1.29 is 9.59 Å². The Morgan fingerprint density at radius 1 is 0.737 bits per heavy atom. The largest absolute Gasteiger partial charge is 0.398 e. The highest BCUT2D eigenvalue weighted by atomic mass is 35.5. The third-order valence-electron chi connectivity index (χ3n) is 6.68. The van der Waals surface area contributed by atoms with Crippen LogP contribution in [-0.2, 0) is 9.59 Å². The second kappa shape index (κ2) is 11.6. The summed E-state index contributed by atoms with van der Waals surface area (Å²) in [6, 6.07) is 14.4. The number of nitrogens with one attached hydrogen (secondary N) is 2. The number of nitrogen functional groups attached to an aromatic ring is 2. The van der Waals surface area contributed by atoms with Gasteiger partial charge in [-0.3, -0.25) is 19.6 Å². The van der Waals surface area contributed by atoms with Crippen LogP contribution in [0.1, 0.15) is 50.9 Å². The van der Waals surface area contributed by atoms with Crippen LogP contribution in [0.5, 0.6) is 0 Å². The molecule has 0 fully saturated rings. The highest BCUT2D eigenvalue weighted by molar-refractivity contribution is 6.15. The fraction of sp³-hybridized carbons (Fsp3) is 0.310. The summed E-state index contributed by atoms with van der Waals surface area (Å²) in [5.41, 5.74) is 16.6. The molecule has 0 aliphatic carbocycles. The number of nitrogens with two attached hydrogens (primary N) is 2. The minimum absolute atomic E-state index is 0. The topological polar surface area (TPSA) is 136 Å². The number of rotatable bonds is 8. The summed E-state index contributed by atoms with van der Waals surface area (Å²) >= 11 is 0. The molecule has 4 rings (SSSR count). The van der Waals surface area contributed by atoms with E-state index in [9.17, 15) is 9.59 Å². The van der Waals surface area contributed by atoms with Gasteiger partial charge in [0.15, 0.2) is 0 Å². The number of amides is 2. The van der Waals surface area contributed by atoms with Crippen molar-refractivity contribution in [2.75, 3.05) is 22.1 Å². The maximum atomic E-state index is 13.8. The number of pyridine rings is 2. The van der Waals surface area contributed by atoms with E-state index >= 15 is 0 Å². The van der Waals surface area contributed by atoms with Gasteiger partial charge in [0, 0.05) is 44.9 Å². The lowest BCUT2D eigenvalue weighted by Gasteiger charge is -2.31. The van der Waals surface area contributed by atoms with Crippen LogP contribution < -0.4 is 22.1 Å². The van der Waals surface area contributed by atoms with Crippen LogP contribution in [-0.4, -0.2) is 21.8 Å². The first-order chi connectivity index (χ1) is 17.7. The van der Waals surface area contributed by atoms with E-state index in [4.69, 9.17) is 11.5 Å². The van der Waals surface area contributed by atoms with Crippen LogP contribution in [0.15, 0.2) is 48.5 Å².